The maximum absolute atomic E-state index is 12.6. The van der Waals surface area contributed by atoms with E-state index in [4.69, 9.17) is 0 Å². The minimum atomic E-state index is -2.96. The van der Waals surface area contributed by atoms with Gasteiger partial charge in [0.25, 0.3) is 0 Å². The molecule has 21 heavy (non-hydrogen) atoms. The number of sulfone groups is 1. The van der Waals surface area contributed by atoms with Gasteiger partial charge in [0.05, 0.1) is 23.3 Å². The maximum Gasteiger partial charge on any atom is 0.307 e. The van der Waals surface area contributed by atoms with E-state index in [1.165, 1.54) is 0 Å². The van der Waals surface area contributed by atoms with Crippen LogP contribution in [0.1, 0.15) is 38.5 Å². The van der Waals surface area contributed by atoms with Crippen molar-refractivity contribution in [3.05, 3.63) is 0 Å². The first-order valence-corrected chi connectivity index (χ1v) is 9.34. The Labute approximate surface area is 125 Å². The molecule has 0 aromatic heterocycles. The molecule has 120 valence electrons. The fourth-order valence-electron chi connectivity index (χ4n) is 3.43. The minimum Gasteiger partial charge on any atom is -0.481 e. The first kappa shape index (κ1) is 16.3. The summed E-state index contributed by atoms with van der Waals surface area (Å²) in [5.74, 6) is -1.86. The lowest BCUT2D eigenvalue weighted by Crippen LogP contribution is -2.47. The Bertz CT molecular complexity index is 501. The summed E-state index contributed by atoms with van der Waals surface area (Å²) >= 11 is 0. The second kappa shape index (κ2) is 6.34. The molecule has 0 aromatic rings. The standard InChI is InChI=1S/C14H23NO5S/c1-15(10-6-8-21(19,20)9-7-10)13(16)11-4-2-3-5-12(11)14(17)18/h10-12H,2-9H2,1H3,(H,17,18)/t11-,12-/m1/s1. The third-order valence-corrected chi connectivity index (χ3v) is 6.54. The normalized spacial score (nSPS) is 29.8. The zero-order chi connectivity index (χ0) is 15.6. The predicted molar refractivity (Wildman–Crippen MR) is 77.5 cm³/mol. The largest absolute Gasteiger partial charge is 0.481 e. The molecule has 0 bridgehead atoms. The van der Waals surface area contributed by atoms with Crippen LogP contribution in [0.25, 0.3) is 0 Å². The second-order valence-corrected chi connectivity index (χ2v) is 8.47. The van der Waals surface area contributed by atoms with Gasteiger partial charge in [-0.15, -0.1) is 0 Å². The van der Waals surface area contributed by atoms with E-state index >= 15 is 0 Å². The molecule has 1 saturated heterocycles. The molecule has 0 spiro atoms. The van der Waals surface area contributed by atoms with E-state index in [0.717, 1.165) is 12.8 Å². The molecular weight excluding hydrogens is 294 g/mol. The molecule has 1 saturated carbocycles. The van der Waals surface area contributed by atoms with E-state index in [-0.39, 0.29) is 23.5 Å². The van der Waals surface area contributed by atoms with Crippen molar-refractivity contribution in [3.63, 3.8) is 0 Å². The first-order valence-electron chi connectivity index (χ1n) is 7.52. The number of amides is 1. The highest BCUT2D eigenvalue weighted by Gasteiger charge is 2.39. The summed E-state index contributed by atoms with van der Waals surface area (Å²) in [4.78, 5) is 25.5. The molecule has 0 aromatic carbocycles. The summed E-state index contributed by atoms with van der Waals surface area (Å²) in [5, 5.41) is 9.27. The van der Waals surface area contributed by atoms with Crippen LogP contribution in [0.4, 0.5) is 0 Å². The van der Waals surface area contributed by atoms with Gasteiger partial charge in [-0.3, -0.25) is 9.59 Å². The number of hydrogen-bond donors (Lipinski definition) is 1. The SMILES string of the molecule is CN(C(=O)[C@@H]1CCCC[C@H]1C(=O)O)C1CCS(=O)(=O)CC1. The smallest absolute Gasteiger partial charge is 0.307 e. The van der Waals surface area contributed by atoms with E-state index in [1.807, 2.05) is 0 Å². The van der Waals surface area contributed by atoms with E-state index in [2.05, 4.69) is 0 Å². The van der Waals surface area contributed by atoms with Crippen LogP contribution in [0, 0.1) is 11.8 Å². The molecule has 2 aliphatic rings. The van der Waals surface area contributed by atoms with Gasteiger partial charge in [0.2, 0.25) is 5.91 Å². The second-order valence-electron chi connectivity index (χ2n) is 6.17. The average molecular weight is 317 g/mol. The van der Waals surface area contributed by atoms with Crippen molar-refractivity contribution in [3.8, 4) is 0 Å². The summed E-state index contributed by atoms with van der Waals surface area (Å²) in [6.07, 6.45) is 3.81. The predicted octanol–water partition coefficient (Wildman–Crippen LogP) is 0.913. The highest BCUT2D eigenvalue weighted by Crippen LogP contribution is 2.32. The van der Waals surface area contributed by atoms with Gasteiger partial charge in [0.15, 0.2) is 0 Å². The fourth-order valence-corrected chi connectivity index (χ4v) is 4.89. The molecular formula is C14H23NO5S. The van der Waals surface area contributed by atoms with Gasteiger partial charge >= 0.3 is 5.97 Å². The molecule has 7 heteroatoms. The van der Waals surface area contributed by atoms with Crippen LogP contribution in [0.15, 0.2) is 0 Å². The topological polar surface area (TPSA) is 91.8 Å². The number of carbonyl (C=O) groups is 2. The van der Waals surface area contributed by atoms with Crippen LogP contribution in [-0.4, -0.2) is 54.9 Å². The van der Waals surface area contributed by atoms with Crippen molar-refractivity contribution in [2.24, 2.45) is 11.8 Å². The highest BCUT2D eigenvalue weighted by molar-refractivity contribution is 7.91. The summed E-state index contributed by atoms with van der Waals surface area (Å²) in [6, 6.07) is -0.0857. The van der Waals surface area contributed by atoms with Gasteiger partial charge in [0.1, 0.15) is 9.84 Å². The molecule has 2 fully saturated rings. The molecule has 6 nitrogen and oxygen atoms in total. The van der Waals surface area contributed by atoms with Gasteiger partial charge in [-0.25, -0.2) is 8.42 Å². The summed E-state index contributed by atoms with van der Waals surface area (Å²) in [5.41, 5.74) is 0. The van der Waals surface area contributed by atoms with Crippen molar-refractivity contribution in [1.29, 1.82) is 0 Å². The van der Waals surface area contributed by atoms with E-state index in [1.54, 1.807) is 11.9 Å². The quantitative estimate of drug-likeness (QED) is 0.835. The molecule has 1 heterocycles. The van der Waals surface area contributed by atoms with Crippen LogP contribution >= 0.6 is 0 Å². The van der Waals surface area contributed by atoms with Crippen LogP contribution in [-0.2, 0) is 19.4 Å². The summed E-state index contributed by atoms with van der Waals surface area (Å²) in [7, 11) is -1.28. The van der Waals surface area contributed by atoms with E-state index in [0.29, 0.717) is 25.7 Å². The molecule has 2 atom stereocenters. The molecule has 1 N–H and O–H groups in total. The lowest BCUT2D eigenvalue weighted by Gasteiger charge is -2.36. The first-order chi connectivity index (χ1) is 9.82. The number of nitrogens with zero attached hydrogens (tertiary/aromatic N) is 1. The van der Waals surface area contributed by atoms with E-state index < -0.39 is 27.6 Å². The highest BCUT2D eigenvalue weighted by atomic mass is 32.2. The number of aliphatic carboxylic acids is 1. The fraction of sp³-hybridized carbons (Fsp3) is 0.857. The Morgan fingerprint density at radius 2 is 1.52 bits per heavy atom. The van der Waals surface area contributed by atoms with Gasteiger partial charge < -0.3 is 10.0 Å². The van der Waals surface area contributed by atoms with Crippen molar-refractivity contribution >= 4 is 21.7 Å². The van der Waals surface area contributed by atoms with Crippen molar-refractivity contribution < 1.29 is 23.1 Å². The van der Waals surface area contributed by atoms with Crippen molar-refractivity contribution in [1.82, 2.24) is 4.90 Å². The summed E-state index contributed by atoms with van der Waals surface area (Å²) < 4.78 is 22.9. The molecule has 2 rings (SSSR count). The lowest BCUT2D eigenvalue weighted by atomic mass is 9.78. The number of carbonyl (C=O) groups excluding carboxylic acids is 1. The van der Waals surface area contributed by atoms with Gasteiger partial charge in [-0.05, 0) is 25.7 Å². The van der Waals surface area contributed by atoms with E-state index in [9.17, 15) is 23.1 Å². The molecule has 1 aliphatic carbocycles. The number of rotatable bonds is 3. The van der Waals surface area contributed by atoms with Gasteiger partial charge in [0, 0.05) is 13.1 Å². The molecule has 1 aliphatic heterocycles. The van der Waals surface area contributed by atoms with Crippen LogP contribution in [0.2, 0.25) is 0 Å². The average Bonchev–Trinajstić information content (AvgIpc) is 2.45. The van der Waals surface area contributed by atoms with Crippen LogP contribution in [0.3, 0.4) is 0 Å². The minimum absolute atomic E-state index is 0.0857. The Balaban J connectivity index is 2.03. The Hall–Kier alpha value is -1.11. The van der Waals surface area contributed by atoms with Gasteiger partial charge in [-0.2, -0.15) is 0 Å². The molecule has 1 amide bonds. The van der Waals surface area contributed by atoms with Gasteiger partial charge in [-0.1, -0.05) is 12.8 Å². The van der Waals surface area contributed by atoms with Crippen LogP contribution in [0.5, 0.6) is 0 Å². The molecule has 0 unspecified atom stereocenters. The maximum atomic E-state index is 12.6. The Morgan fingerprint density at radius 1 is 1.00 bits per heavy atom. The number of hydrogen-bond acceptors (Lipinski definition) is 4. The number of carboxylic acid groups (broad SMARTS) is 1. The molecule has 0 radical (unpaired) electrons. The third kappa shape index (κ3) is 3.75. The zero-order valence-corrected chi connectivity index (χ0v) is 13.1. The summed E-state index contributed by atoms with van der Waals surface area (Å²) in [6.45, 7) is 0. The Morgan fingerprint density at radius 3 is 2.05 bits per heavy atom. The lowest BCUT2D eigenvalue weighted by molar-refractivity contribution is -0.152. The Kier molecular flexibility index (Phi) is 4.91. The van der Waals surface area contributed by atoms with Crippen LogP contribution < -0.4 is 0 Å². The zero-order valence-electron chi connectivity index (χ0n) is 12.3. The number of carboxylic acids is 1. The third-order valence-electron chi connectivity index (χ3n) is 4.82. The monoisotopic (exact) mass is 317 g/mol. The van der Waals surface area contributed by atoms with Crippen molar-refractivity contribution in [2.45, 2.75) is 44.6 Å². The van der Waals surface area contributed by atoms with Crippen molar-refractivity contribution in [2.75, 3.05) is 18.6 Å².